The Labute approximate surface area is 214 Å². The summed E-state index contributed by atoms with van der Waals surface area (Å²) < 4.78 is 34.6. The van der Waals surface area contributed by atoms with Crippen molar-refractivity contribution < 1.29 is 23.1 Å². The Morgan fingerprint density at radius 3 is 2.11 bits per heavy atom. The van der Waals surface area contributed by atoms with Crippen LogP contribution >= 0.6 is 0 Å². The van der Waals surface area contributed by atoms with E-state index in [0.29, 0.717) is 17.1 Å². The number of sulfonamides is 1. The van der Waals surface area contributed by atoms with Crippen molar-refractivity contribution in [3.63, 3.8) is 0 Å². The minimum atomic E-state index is -4.08. The molecule has 0 aromatic heterocycles. The van der Waals surface area contributed by atoms with Gasteiger partial charge in [0.2, 0.25) is 0 Å². The van der Waals surface area contributed by atoms with Crippen LogP contribution in [0.1, 0.15) is 15.9 Å². The second kappa shape index (κ2) is 9.79. The SMILES string of the molecule is Cc1ccc(-c2ccc(C(=O)O)c(NS(=O)(=O)c3ccc(Oc4ccccc4)cc3)c2)c2ccccc12. The first-order chi connectivity index (χ1) is 17.8. The summed E-state index contributed by atoms with van der Waals surface area (Å²) in [7, 11) is -4.08. The molecule has 0 fully saturated rings. The van der Waals surface area contributed by atoms with Gasteiger partial charge in [0.15, 0.2) is 0 Å². The van der Waals surface area contributed by atoms with E-state index in [-0.39, 0.29) is 16.1 Å². The van der Waals surface area contributed by atoms with Crippen LogP contribution in [0.4, 0.5) is 5.69 Å². The Morgan fingerprint density at radius 1 is 0.757 bits per heavy atom. The highest BCUT2D eigenvalue weighted by atomic mass is 32.2. The fourth-order valence-electron chi connectivity index (χ4n) is 4.20. The molecule has 0 atom stereocenters. The number of rotatable bonds is 7. The van der Waals surface area contributed by atoms with Crippen molar-refractivity contribution in [1.82, 2.24) is 0 Å². The first-order valence-electron chi connectivity index (χ1n) is 11.5. The number of hydrogen-bond donors (Lipinski definition) is 2. The molecule has 5 aromatic carbocycles. The number of fused-ring (bicyclic) bond motifs is 1. The van der Waals surface area contributed by atoms with E-state index in [1.165, 1.54) is 18.2 Å². The lowest BCUT2D eigenvalue weighted by molar-refractivity contribution is 0.0698. The van der Waals surface area contributed by atoms with Crippen LogP contribution in [0.3, 0.4) is 0 Å². The number of ether oxygens (including phenoxy) is 1. The quantitative estimate of drug-likeness (QED) is 0.244. The van der Waals surface area contributed by atoms with Gasteiger partial charge in [0.05, 0.1) is 16.1 Å². The van der Waals surface area contributed by atoms with Crippen LogP contribution in [0.25, 0.3) is 21.9 Å². The number of aryl methyl sites for hydroxylation is 1. The van der Waals surface area contributed by atoms with Gasteiger partial charge >= 0.3 is 5.97 Å². The van der Waals surface area contributed by atoms with E-state index >= 15 is 0 Å². The van der Waals surface area contributed by atoms with E-state index in [4.69, 9.17) is 4.74 Å². The van der Waals surface area contributed by atoms with E-state index in [1.807, 2.05) is 61.5 Å². The van der Waals surface area contributed by atoms with E-state index in [2.05, 4.69) is 4.72 Å². The largest absolute Gasteiger partial charge is 0.478 e. The minimum Gasteiger partial charge on any atom is -0.478 e. The highest BCUT2D eigenvalue weighted by molar-refractivity contribution is 7.92. The number of benzene rings is 5. The number of anilines is 1. The average Bonchev–Trinajstić information content (AvgIpc) is 2.90. The molecule has 0 unspecified atom stereocenters. The van der Waals surface area contributed by atoms with E-state index < -0.39 is 16.0 Å². The normalized spacial score (nSPS) is 11.3. The van der Waals surface area contributed by atoms with Crippen LogP contribution in [0.5, 0.6) is 11.5 Å². The predicted octanol–water partition coefficient (Wildman–Crippen LogP) is 7.11. The summed E-state index contributed by atoms with van der Waals surface area (Å²) in [5, 5.41) is 11.8. The summed E-state index contributed by atoms with van der Waals surface area (Å²) in [4.78, 5) is 11.9. The summed E-state index contributed by atoms with van der Waals surface area (Å²) in [6.07, 6.45) is 0. The van der Waals surface area contributed by atoms with Crippen LogP contribution in [-0.4, -0.2) is 19.5 Å². The molecule has 0 amide bonds. The molecule has 5 rings (SSSR count). The van der Waals surface area contributed by atoms with E-state index in [0.717, 1.165) is 21.9 Å². The second-order valence-electron chi connectivity index (χ2n) is 8.53. The minimum absolute atomic E-state index is 0.0146. The summed E-state index contributed by atoms with van der Waals surface area (Å²) in [5.74, 6) is -0.128. The Morgan fingerprint density at radius 2 is 1.41 bits per heavy atom. The van der Waals surface area contributed by atoms with Gasteiger partial charge < -0.3 is 9.84 Å². The van der Waals surface area contributed by atoms with Gasteiger partial charge in [-0.05, 0) is 82.9 Å². The monoisotopic (exact) mass is 509 g/mol. The zero-order chi connectivity index (χ0) is 26.0. The molecule has 6 nitrogen and oxygen atoms in total. The third-order valence-corrected chi connectivity index (χ3v) is 7.44. The number of carboxylic acid groups (broad SMARTS) is 1. The van der Waals surface area contributed by atoms with Crippen molar-refractivity contribution in [2.75, 3.05) is 4.72 Å². The maximum atomic E-state index is 13.2. The lowest BCUT2D eigenvalue weighted by Gasteiger charge is -2.14. The fourth-order valence-corrected chi connectivity index (χ4v) is 5.27. The van der Waals surface area contributed by atoms with Gasteiger partial charge in [0.1, 0.15) is 11.5 Å². The lowest BCUT2D eigenvalue weighted by Crippen LogP contribution is -2.15. The van der Waals surface area contributed by atoms with Crippen molar-refractivity contribution >= 4 is 32.5 Å². The van der Waals surface area contributed by atoms with Gasteiger partial charge in [-0.2, -0.15) is 0 Å². The second-order valence-corrected chi connectivity index (χ2v) is 10.2. The van der Waals surface area contributed by atoms with Gasteiger partial charge in [-0.3, -0.25) is 4.72 Å². The summed E-state index contributed by atoms with van der Waals surface area (Å²) in [5.41, 5.74) is 2.53. The number of carboxylic acids is 1. The third kappa shape index (κ3) is 5.03. The summed E-state index contributed by atoms with van der Waals surface area (Å²) in [6.45, 7) is 2.02. The maximum Gasteiger partial charge on any atom is 0.337 e. The molecule has 0 bridgehead atoms. The van der Waals surface area contributed by atoms with Gasteiger partial charge in [-0.15, -0.1) is 0 Å². The van der Waals surface area contributed by atoms with Crippen LogP contribution in [0.15, 0.2) is 114 Å². The Kier molecular flexibility index (Phi) is 6.38. The number of para-hydroxylation sites is 1. The van der Waals surface area contributed by atoms with Crippen LogP contribution in [0.2, 0.25) is 0 Å². The molecule has 37 heavy (non-hydrogen) atoms. The smallest absolute Gasteiger partial charge is 0.337 e. The van der Waals surface area contributed by atoms with Crippen molar-refractivity contribution in [2.45, 2.75) is 11.8 Å². The number of aromatic carboxylic acids is 1. The molecule has 2 N–H and O–H groups in total. The Hall–Kier alpha value is -4.62. The molecule has 0 radical (unpaired) electrons. The average molecular weight is 510 g/mol. The first kappa shape index (κ1) is 24.1. The molecule has 184 valence electrons. The van der Waals surface area contributed by atoms with Gasteiger partial charge in [-0.1, -0.05) is 60.7 Å². The highest BCUT2D eigenvalue weighted by Gasteiger charge is 2.20. The molecule has 7 heteroatoms. The van der Waals surface area contributed by atoms with Gasteiger partial charge in [0.25, 0.3) is 10.0 Å². The van der Waals surface area contributed by atoms with Crippen LogP contribution in [-0.2, 0) is 10.0 Å². The highest BCUT2D eigenvalue weighted by Crippen LogP contribution is 2.34. The zero-order valence-corrected chi connectivity index (χ0v) is 20.7. The van der Waals surface area contributed by atoms with Crippen molar-refractivity contribution in [1.29, 1.82) is 0 Å². The molecule has 0 heterocycles. The van der Waals surface area contributed by atoms with Gasteiger partial charge in [-0.25, -0.2) is 13.2 Å². The molecule has 0 aliphatic carbocycles. The topological polar surface area (TPSA) is 92.7 Å². The lowest BCUT2D eigenvalue weighted by atomic mass is 9.94. The fraction of sp³-hybridized carbons (Fsp3) is 0.0333. The number of nitrogens with one attached hydrogen (secondary N) is 1. The van der Waals surface area contributed by atoms with Crippen LogP contribution < -0.4 is 9.46 Å². The van der Waals surface area contributed by atoms with Crippen molar-refractivity contribution in [3.05, 3.63) is 120 Å². The molecule has 0 saturated carbocycles. The molecule has 0 aliphatic heterocycles. The van der Waals surface area contributed by atoms with E-state index in [1.54, 1.807) is 36.4 Å². The van der Waals surface area contributed by atoms with E-state index in [9.17, 15) is 18.3 Å². The Balaban J connectivity index is 1.49. The maximum absolute atomic E-state index is 13.2. The third-order valence-electron chi connectivity index (χ3n) is 6.06. The molecular weight excluding hydrogens is 486 g/mol. The predicted molar refractivity (Wildman–Crippen MR) is 145 cm³/mol. The molecule has 0 spiro atoms. The first-order valence-corrected chi connectivity index (χ1v) is 13.0. The standard InChI is InChI=1S/C30H23NO5S/c1-20-11-17-26(27-10-6-5-9-25(20)27)21-12-18-28(30(32)33)29(19-21)31-37(34,35)24-15-13-23(14-16-24)36-22-7-3-2-4-8-22/h2-19,31H,1H3,(H,32,33). The van der Waals surface area contributed by atoms with Crippen molar-refractivity contribution in [3.8, 4) is 22.6 Å². The number of hydrogen-bond acceptors (Lipinski definition) is 4. The van der Waals surface area contributed by atoms with Crippen LogP contribution in [0, 0.1) is 6.92 Å². The zero-order valence-electron chi connectivity index (χ0n) is 19.9. The molecule has 5 aromatic rings. The van der Waals surface area contributed by atoms with Gasteiger partial charge in [0, 0.05) is 0 Å². The summed E-state index contributed by atoms with van der Waals surface area (Å²) >= 11 is 0. The van der Waals surface area contributed by atoms with Crippen molar-refractivity contribution in [2.24, 2.45) is 0 Å². The molecule has 0 aliphatic rings. The summed E-state index contributed by atoms with van der Waals surface area (Å²) in [6, 6.07) is 31.6. The Bertz CT molecular complexity index is 1710. The molecular formula is C30H23NO5S. The number of carbonyl (C=O) groups is 1. The molecule has 0 saturated heterocycles.